The normalized spacial score (nSPS) is 12.3. The van der Waals surface area contributed by atoms with Crippen LogP contribution in [0.5, 0.6) is 0 Å². The van der Waals surface area contributed by atoms with Gasteiger partial charge in [-0.05, 0) is 44.5 Å². The molecule has 0 aliphatic carbocycles. The van der Waals surface area contributed by atoms with E-state index < -0.39 is 27.6 Å². The predicted molar refractivity (Wildman–Crippen MR) is 103 cm³/mol. The number of nitrogens with one attached hydrogen (secondary N) is 2. The molecule has 0 bridgehead atoms. The lowest BCUT2D eigenvalue weighted by Crippen LogP contribution is -2.27. The lowest BCUT2D eigenvalue weighted by atomic mass is 10.2. The van der Waals surface area contributed by atoms with E-state index in [9.17, 15) is 19.1 Å². The van der Waals surface area contributed by atoms with Crippen molar-refractivity contribution in [3.05, 3.63) is 64.2 Å². The molecule has 0 saturated carbocycles. The van der Waals surface area contributed by atoms with Gasteiger partial charge in [0.2, 0.25) is 0 Å². The molecule has 0 heterocycles. The topological polar surface area (TPSA) is 111 Å². The van der Waals surface area contributed by atoms with Crippen molar-refractivity contribution in [3.63, 3.8) is 0 Å². The molecule has 2 aromatic rings. The molecular formula is C18H21N3O5S. The number of hydrogen-bond acceptors (Lipinski definition) is 5. The molecular weight excluding hydrogens is 370 g/mol. The van der Waals surface area contributed by atoms with Crippen LogP contribution in [-0.4, -0.2) is 20.8 Å². The van der Waals surface area contributed by atoms with E-state index in [2.05, 4.69) is 10.0 Å². The SMILES string of the molecule is CC(C)(C)OC(=O)Nc1cccc(CNS(=O)c2cccc([N+](=O)[O-])c2)c1. The molecule has 9 heteroatoms. The molecule has 0 aliphatic rings. The summed E-state index contributed by atoms with van der Waals surface area (Å²) in [4.78, 5) is 22.4. The molecule has 0 fully saturated rings. The quantitative estimate of drug-likeness (QED) is 0.575. The molecule has 0 radical (unpaired) electrons. The average Bonchev–Trinajstić information content (AvgIpc) is 2.58. The molecule has 144 valence electrons. The number of nitrogens with zero attached hydrogens (tertiary/aromatic N) is 1. The Hall–Kier alpha value is -2.78. The molecule has 1 atom stereocenters. The molecule has 8 nitrogen and oxygen atoms in total. The number of carbonyl (C=O) groups excluding carboxylic acids is 1. The molecule has 0 saturated heterocycles. The third-order valence-electron chi connectivity index (χ3n) is 3.22. The summed E-state index contributed by atoms with van der Waals surface area (Å²) in [5.41, 5.74) is 0.608. The van der Waals surface area contributed by atoms with E-state index in [1.165, 1.54) is 18.2 Å². The second-order valence-electron chi connectivity index (χ2n) is 6.67. The number of benzene rings is 2. The molecule has 0 aliphatic heterocycles. The van der Waals surface area contributed by atoms with Crippen molar-refractivity contribution < 1.29 is 18.7 Å². The van der Waals surface area contributed by atoms with E-state index in [1.54, 1.807) is 51.1 Å². The van der Waals surface area contributed by atoms with Crippen molar-refractivity contribution in [1.29, 1.82) is 0 Å². The summed E-state index contributed by atoms with van der Waals surface area (Å²) >= 11 is 0. The molecule has 1 unspecified atom stereocenters. The van der Waals surface area contributed by atoms with Crippen LogP contribution in [0, 0.1) is 10.1 Å². The van der Waals surface area contributed by atoms with Crippen molar-refractivity contribution in [2.24, 2.45) is 0 Å². The number of amides is 1. The van der Waals surface area contributed by atoms with E-state index >= 15 is 0 Å². The van der Waals surface area contributed by atoms with Gasteiger partial charge in [0.15, 0.2) is 0 Å². The second kappa shape index (κ2) is 8.74. The van der Waals surface area contributed by atoms with E-state index in [1.807, 2.05) is 0 Å². The van der Waals surface area contributed by atoms with Crippen LogP contribution in [0.3, 0.4) is 0 Å². The van der Waals surface area contributed by atoms with Gasteiger partial charge >= 0.3 is 6.09 Å². The Balaban J connectivity index is 1.98. The minimum absolute atomic E-state index is 0.119. The summed E-state index contributed by atoms with van der Waals surface area (Å²) in [7, 11) is -1.61. The van der Waals surface area contributed by atoms with Crippen LogP contribution in [0.4, 0.5) is 16.2 Å². The van der Waals surface area contributed by atoms with Crippen LogP contribution in [0.1, 0.15) is 26.3 Å². The van der Waals surface area contributed by atoms with Crippen molar-refractivity contribution in [2.45, 2.75) is 37.8 Å². The minimum atomic E-state index is -1.61. The van der Waals surface area contributed by atoms with Gasteiger partial charge in [0, 0.05) is 24.4 Å². The molecule has 1 amide bonds. The Kier molecular flexibility index (Phi) is 6.65. The van der Waals surface area contributed by atoms with Gasteiger partial charge in [-0.1, -0.05) is 18.2 Å². The number of anilines is 1. The highest BCUT2D eigenvalue weighted by molar-refractivity contribution is 7.83. The summed E-state index contributed by atoms with van der Waals surface area (Å²) in [5, 5.41) is 13.4. The van der Waals surface area contributed by atoms with Gasteiger partial charge in [-0.15, -0.1) is 0 Å². The first-order chi connectivity index (χ1) is 12.6. The zero-order chi connectivity index (χ0) is 20.0. The Morgan fingerprint density at radius 3 is 2.56 bits per heavy atom. The summed E-state index contributed by atoms with van der Waals surface area (Å²) in [6.07, 6.45) is -0.562. The number of non-ortho nitro benzene ring substituents is 1. The molecule has 2 N–H and O–H groups in total. The van der Waals surface area contributed by atoms with Gasteiger partial charge < -0.3 is 4.74 Å². The summed E-state index contributed by atoms with van der Waals surface area (Å²) in [6, 6.07) is 12.6. The Labute approximate surface area is 159 Å². The first-order valence-corrected chi connectivity index (χ1v) is 9.28. The fourth-order valence-corrected chi connectivity index (χ4v) is 3.02. The van der Waals surface area contributed by atoms with Crippen LogP contribution >= 0.6 is 0 Å². The highest BCUT2D eigenvalue weighted by Crippen LogP contribution is 2.17. The van der Waals surface area contributed by atoms with E-state index in [-0.39, 0.29) is 12.2 Å². The van der Waals surface area contributed by atoms with E-state index in [0.717, 1.165) is 5.56 Å². The highest BCUT2D eigenvalue weighted by Gasteiger charge is 2.16. The van der Waals surface area contributed by atoms with Crippen molar-refractivity contribution >= 4 is 28.5 Å². The first kappa shape index (κ1) is 20.5. The van der Waals surface area contributed by atoms with Crippen molar-refractivity contribution in [3.8, 4) is 0 Å². The molecule has 2 aromatic carbocycles. The molecule has 2 rings (SSSR count). The fraction of sp³-hybridized carbons (Fsp3) is 0.278. The van der Waals surface area contributed by atoms with E-state index in [4.69, 9.17) is 4.74 Å². The number of hydrogen-bond donors (Lipinski definition) is 2. The van der Waals surface area contributed by atoms with Crippen LogP contribution in [-0.2, 0) is 22.3 Å². The molecule has 0 aromatic heterocycles. The largest absolute Gasteiger partial charge is 0.444 e. The Morgan fingerprint density at radius 1 is 1.19 bits per heavy atom. The van der Waals surface area contributed by atoms with Crippen LogP contribution in [0.25, 0.3) is 0 Å². The van der Waals surface area contributed by atoms with Gasteiger partial charge in [0.1, 0.15) is 16.6 Å². The average molecular weight is 391 g/mol. The van der Waals surface area contributed by atoms with Crippen molar-refractivity contribution in [1.82, 2.24) is 4.72 Å². The van der Waals surface area contributed by atoms with Gasteiger partial charge in [-0.25, -0.2) is 13.7 Å². The third kappa shape index (κ3) is 6.80. The van der Waals surface area contributed by atoms with Crippen LogP contribution in [0.15, 0.2) is 53.4 Å². The number of nitro benzene ring substituents is 1. The lowest BCUT2D eigenvalue weighted by Gasteiger charge is -2.19. The lowest BCUT2D eigenvalue weighted by molar-refractivity contribution is -0.385. The maximum atomic E-state index is 12.3. The van der Waals surface area contributed by atoms with Gasteiger partial charge in [-0.2, -0.15) is 0 Å². The molecule has 27 heavy (non-hydrogen) atoms. The highest BCUT2D eigenvalue weighted by atomic mass is 32.2. The maximum absolute atomic E-state index is 12.3. The minimum Gasteiger partial charge on any atom is -0.444 e. The maximum Gasteiger partial charge on any atom is 0.412 e. The fourth-order valence-electron chi connectivity index (χ4n) is 2.13. The van der Waals surface area contributed by atoms with Gasteiger partial charge in [0.05, 0.1) is 9.82 Å². The van der Waals surface area contributed by atoms with Crippen molar-refractivity contribution in [2.75, 3.05) is 5.32 Å². The molecule has 0 spiro atoms. The van der Waals surface area contributed by atoms with E-state index in [0.29, 0.717) is 10.6 Å². The first-order valence-electron chi connectivity index (χ1n) is 8.13. The van der Waals surface area contributed by atoms with Crippen LogP contribution in [0.2, 0.25) is 0 Å². The summed E-state index contributed by atoms with van der Waals surface area (Å²) < 4.78 is 20.3. The smallest absolute Gasteiger partial charge is 0.412 e. The summed E-state index contributed by atoms with van der Waals surface area (Å²) in [5.74, 6) is 0. The predicted octanol–water partition coefficient (Wildman–Crippen LogP) is 3.75. The summed E-state index contributed by atoms with van der Waals surface area (Å²) in [6.45, 7) is 5.57. The Bertz CT molecular complexity index is 864. The monoisotopic (exact) mass is 391 g/mol. The van der Waals surface area contributed by atoms with Gasteiger partial charge in [-0.3, -0.25) is 15.4 Å². The number of ether oxygens (including phenoxy) is 1. The zero-order valence-electron chi connectivity index (χ0n) is 15.2. The Morgan fingerprint density at radius 2 is 1.89 bits per heavy atom. The number of rotatable bonds is 6. The third-order valence-corrected chi connectivity index (χ3v) is 4.31. The number of carbonyl (C=O) groups is 1. The number of nitro groups is 1. The van der Waals surface area contributed by atoms with Crippen LogP contribution < -0.4 is 10.0 Å². The van der Waals surface area contributed by atoms with Gasteiger partial charge in [0.25, 0.3) is 5.69 Å². The zero-order valence-corrected chi connectivity index (χ0v) is 16.0. The second-order valence-corrected chi connectivity index (χ2v) is 7.97. The standard InChI is InChI=1S/C18H21N3O5S/c1-18(2,3)26-17(22)20-14-7-4-6-13(10-14)12-19-27(25)16-9-5-8-15(11-16)21(23)24/h4-11,19H,12H2,1-3H3,(H,20,22).